The predicted molar refractivity (Wildman–Crippen MR) is 134 cm³/mol. The molecule has 1 fully saturated rings. The van der Waals surface area contributed by atoms with Crippen LogP contribution in [0.3, 0.4) is 0 Å². The van der Waals surface area contributed by atoms with Crippen LogP contribution in [0.2, 0.25) is 5.02 Å². The highest BCUT2D eigenvalue weighted by atomic mass is 35.5. The maximum Gasteiger partial charge on any atom is 0.415 e. The molecule has 1 unspecified atom stereocenters. The number of ether oxygens (including phenoxy) is 3. The van der Waals surface area contributed by atoms with Gasteiger partial charge in [0.25, 0.3) is 0 Å². The van der Waals surface area contributed by atoms with E-state index in [9.17, 15) is 14.7 Å². The fourth-order valence-electron chi connectivity index (χ4n) is 4.23. The zero-order valence-corrected chi connectivity index (χ0v) is 20.9. The molecule has 1 saturated carbocycles. The van der Waals surface area contributed by atoms with E-state index in [-0.39, 0.29) is 6.42 Å². The molecule has 7 nitrogen and oxygen atoms in total. The first-order chi connectivity index (χ1) is 16.9. The minimum Gasteiger partial charge on any atom is -0.492 e. The van der Waals surface area contributed by atoms with Crippen LogP contribution in [0.15, 0.2) is 48.5 Å². The van der Waals surface area contributed by atoms with Crippen molar-refractivity contribution in [1.29, 1.82) is 0 Å². The van der Waals surface area contributed by atoms with Crippen molar-refractivity contribution >= 4 is 23.7 Å². The number of aliphatic carboxylic acids is 1. The summed E-state index contributed by atoms with van der Waals surface area (Å²) in [6.45, 7) is 3.48. The lowest BCUT2D eigenvalue weighted by Gasteiger charge is -2.29. The number of carboxylic acids is 1. The van der Waals surface area contributed by atoms with Gasteiger partial charge in [0.15, 0.2) is 6.10 Å². The molecule has 190 valence electrons. The number of carbonyl (C=O) groups is 2. The Kier molecular flexibility index (Phi) is 10.7. The summed E-state index contributed by atoms with van der Waals surface area (Å²) in [5.74, 6) is 0.598. The summed E-state index contributed by atoms with van der Waals surface area (Å²) in [6, 6.07) is 14.0. The highest BCUT2D eigenvalue weighted by Gasteiger charge is 2.23. The molecule has 0 heterocycles. The van der Waals surface area contributed by atoms with Crippen molar-refractivity contribution in [2.45, 2.75) is 51.6 Å². The number of hydrogen-bond donors (Lipinski definition) is 1. The summed E-state index contributed by atoms with van der Waals surface area (Å²) in [5.41, 5.74) is 0.851. The molecule has 8 heteroatoms. The van der Waals surface area contributed by atoms with Gasteiger partial charge in [-0.2, -0.15) is 0 Å². The first-order valence-corrected chi connectivity index (χ1v) is 12.6. The average Bonchev–Trinajstić information content (AvgIpc) is 2.86. The molecular formula is C27H34ClNO6. The largest absolute Gasteiger partial charge is 0.492 e. The van der Waals surface area contributed by atoms with E-state index in [1.807, 2.05) is 12.1 Å². The van der Waals surface area contributed by atoms with E-state index < -0.39 is 18.2 Å². The quantitative estimate of drug-likeness (QED) is 0.392. The number of rotatable bonds is 12. The fraction of sp³-hybridized carbons (Fsp3) is 0.481. The Morgan fingerprint density at radius 3 is 2.31 bits per heavy atom. The topological polar surface area (TPSA) is 85.3 Å². The summed E-state index contributed by atoms with van der Waals surface area (Å²) in [6.07, 6.45) is 4.90. The molecule has 0 bridgehead atoms. The van der Waals surface area contributed by atoms with Crippen LogP contribution in [0.4, 0.5) is 4.79 Å². The third-order valence-electron chi connectivity index (χ3n) is 6.10. The molecule has 1 aliphatic carbocycles. The van der Waals surface area contributed by atoms with Gasteiger partial charge in [-0.25, -0.2) is 9.59 Å². The second-order valence-electron chi connectivity index (χ2n) is 8.75. The Balaban J connectivity index is 1.55. The number of hydrogen-bond acceptors (Lipinski definition) is 5. The molecule has 0 radical (unpaired) electrons. The second kappa shape index (κ2) is 14.0. The summed E-state index contributed by atoms with van der Waals surface area (Å²) >= 11 is 5.93. The maximum atomic E-state index is 12.9. The fourth-order valence-corrected chi connectivity index (χ4v) is 4.36. The second-order valence-corrected chi connectivity index (χ2v) is 9.19. The van der Waals surface area contributed by atoms with Crippen molar-refractivity contribution in [2.75, 3.05) is 26.3 Å². The van der Waals surface area contributed by atoms with Crippen molar-refractivity contribution in [3.05, 3.63) is 59.1 Å². The number of benzene rings is 2. The van der Waals surface area contributed by atoms with Crippen LogP contribution >= 0.6 is 11.6 Å². The van der Waals surface area contributed by atoms with E-state index in [2.05, 4.69) is 0 Å². The van der Waals surface area contributed by atoms with E-state index in [4.69, 9.17) is 25.8 Å². The van der Waals surface area contributed by atoms with Gasteiger partial charge in [-0.15, -0.1) is 0 Å². The lowest BCUT2D eigenvalue weighted by Crippen LogP contribution is -2.40. The molecule has 0 aromatic heterocycles. The van der Waals surface area contributed by atoms with E-state index in [0.717, 1.165) is 18.4 Å². The van der Waals surface area contributed by atoms with Crippen LogP contribution in [0.1, 0.15) is 44.6 Å². The van der Waals surface area contributed by atoms with Gasteiger partial charge in [-0.05, 0) is 67.6 Å². The number of halogens is 1. The van der Waals surface area contributed by atoms with Crippen molar-refractivity contribution in [2.24, 2.45) is 5.92 Å². The normalized spacial score (nSPS) is 14.8. The maximum absolute atomic E-state index is 12.9. The highest BCUT2D eigenvalue weighted by molar-refractivity contribution is 6.30. The summed E-state index contributed by atoms with van der Waals surface area (Å²) in [4.78, 5) is 25.9. The van der Waals surface area contributed by atoms with E-state index in [0.29, 0.717) is 48.7 Å². The molecule has 0 saturated heterocycles. The summed E-state index contributed by atoms with van der Waals surface area (Å²) in [7, 11) is 0. The van der Waals surface area contributed by atoms with Gasteiger partial charge in [0.05, 0.1) is 6.54 Å². The molecule has 35 heavy (non-hydrogen) atoms. The minimum absolute atomic E-state index is 0.287. The Morgan fingerprint density at radius 2 is 1.69 bits per heavy atom. The standard InChI is InChI=1S/C27H34ClNO6/c1-2-33-25(26(30)31)18-20-8-12-23(13-9-20)34-17-16-29(19-21-6-4-3-5-7-21)27(32)35-24-14-10-22(28)11-15-24/h8-15,21,25H,2-7,16-19H2,1H3,(H,30,31). The van der Waals surface area contributed by atoms with Crippen LogP contribution < -0.4 is 9.47 Å². The van der Waals surface area contributed by atoms with Crippen molar-refractivity contribution < 1.29 is 28.9 Å². The molecule has 3 rings (SSSR count). The summed E-state index contributed by atoms with van der Waals surface area (Å²) < 4.78 is 16.7. The molecule has 2 aromatic carbocycles. The molecule has 0 aliphatic heterocycles. The van der Waals surface area contributed by atoms with Gasteiger partial charge >= 0.3 is 12.1 Å². The molecular weight excluding hydrogens is 470 g/mol. The molecule has 2 aromatic rings. The average molecular weight is 504 g/mol. The monoisotopic (exact) mass is 503 g/mol. The first-order valence-electron chi connectivity index (χ1n) is 12.2. The number of amides is 1. The Bertz CT molecular complexity index is 928. The third-order valence-corrected chi connectivity index (χ3v) is 6.35. The molecule has 1 aliphatic rings. The lowest BCUT2D eigenvalue weighted by molar-refractivity contribution is -0.149. The van der Waals surface area contributed by atoms with Gasteiger partial charge in [-0.3, -0.25) is 0 Å². The van der Waals surface area contributed by atoms with Crippen molar-refractivity contribution in [3.8, 4) is 11.5 Å². The van der Waals surface area contributed by atoms with E-state index in [1.54, 1.807) is 48.2 Å². The van der Waals surface area contributed by atoms with Gasteiger partial charge in [0, 0.05) is 24.6 Å². The smallest absolute Gasteiger partial charge is 0.415 e. The Morgan fingerprint density at radius 1 is 1.03 bits per heavy atom. The minimum atomic E-state index is -0.976. The van der Waals surface area contributed by atoms with Crippen LogP contribution in [-0.2, 0) is 16.0 Å². The molecule has 1 atom stereocenters. The molecule has 0 spiro atoms. The number of nitrogens with zero attached hydrogens (tertiary/aromatic N) is 1. The Labute approximate surface area is 211 Å². The first kappa shape index (κ1) is 26.8. The zero-order chi connectivity index (χ0) is 25.0. The predicted octanol–water partition coefficient (Wildman–Crippen LogP) is 5.83. The van der Waals surface area contributed by atoms with Gasteiger partial charge in [0.2, 0.25) is 0 Å². The van der Waals surface area contributed by atoms with Crippen molar-refractivity contribution in [3.63, 3.8) is 0 Å². The van der Waals surface area contributed by atoms with Crippen LogP contribution in [0.25, 0.3) is 0 Å². The SMILES string of the molecule is CCOC(Cc1ccc(OCCN(CC2CCCCC2)C(=O)Oc2ccc(Cl)cc2)cc1)C(=O)O. The third kappa shape index (κ3) is 9.07. The van der Waals surface area contributed by atoms with Crippen LogP contribution in [0, 0.1) is 5.92 Å². The van der Waals surface area contributed by atoms with Crippen LogP contribution in [0.5, 0.6) is 11.5 Å². The summed E-state index contributed by atoms with van der Waals surface area (Å²) in [5, 5.41) is 9.84. The van der Waals surface area contributed by atoms with Gasteiger partial charge in [0.1, 0.15) is 18.1 Å². The van der Waals surface area contributed by atoms with Crippen LogP contribution in [-0.4, -0.2) is 54.5 Å². The zero-order valence-electron chi connectivity index (χ0n) is 20.2. The van der Waals surface area contributed by atoms with E-state index >= 15 is 0 Å². The number of carboxylic acid groups (broad SMARTS) is 1. The van der Waals surface area contributed by atoms with Gasteiger partial charge in [-0.1, -0.05) is 43.0 Å². The van der Waals surface area contributed by atoms with Crippen molar-refractivity contribution in [1.82, 2.24) is 4.90 Å². The highest BCUT2D eigenvalue weighted by Crippen LogP contribution is 2.25. The molecule has 1 amide bonds. The molecule has 1 N–H and O–H groups in total. The lowest BCUT2D eigenvalue weighted by atomic mass is 9.89. The number of carbonyl (C=O) groups excluding carboxylic acids is 1. The Hall–Kier alpha value is -2.77. The van der Waals surface area contributed by atoms with E-state index in [1.165, 1.54) is 19.3 Å². The van der Waals surface area contributed by atoms with Gasteiger partial charge < -0.3 is 24.2 Å².